The molecule has 2 N–H and O–H groups in total. The van der Waals surface area contributed by atoms with Crippen LogP contribution in [0.5, 0.6) is 0 Å². The molecule has 0 radical (unpaired) electrons. The highest BCUT2D eigenvalue weighted by Gasteiger charge is 2.67. The lowest BCUT2D eigenvalue weighted by Gasteiger charge is -2.62. The Kier molecular flexibility index (Phi) is 3.14. The highest BCUT2D eigenvalue weighted by molar-refractivity contribution is 5.88. The van der Waals surface area contributed by atoms with E-state index < -0.39 is 11.0 Å². The van der Waals surface area contributed by atoms with Gasteiger partial charge in [0.15, 0.2) is 0 Å². The number of carbonyl (C=O) groups excluding carboxylic acids is 1. The van der Waals surface area contributed by atoms with Crippen molar-refractivity contribution in [3.8, 4) is 0 Å². The number of aliphatic hydroxyl groups is 2. The summed E-state index contributed by atoms with van der Waals surface area (Å²) in [5.74, 6) is 1.71. The zero-order valence-electron chi connectivity index (χ0n) is 14.0. The quantitative estimate of drug-likeness (QED) is 0.723. The number of Topliss-reactive ketones (excluding diaryl/α,β-unsaturated/α-hetero) is 1. The Morgan fingerprint density at radius 1 is 1.00 bits per heavy atom. The number of rotatable bonds is 0. The second kappa shape index (κ2) is 4.57. The van der Waals surface area contributed by atoms with Crippen LogP contribution in [-0.4, -0.2) is 27.7 Å². The lowest BCUT2D eigenvalue weighted by atomic mass is 9.44. The number of hydrogen-bond acceptors (Lipinski definition) is 3. The monoisotopic (exact) mass is 306 g/mol. The van der Waals surface area contributed by atoms with Crippen molar-refractivity contribution in [3.63, 3.8) is 0 Å². The fourth-order valence-electron chi connectivity index (χ4n) is 6.97. The second-order valence-electron chi connectivity index (χ2n) is 9.14. The molecule has 0 saturated heterocycles. The molecular weight excluding hydrogens is 276 g/mol. The molecule has 0 aromatic carbocycles. The molecule has 0 unspecified atom stereocenters. The molecule has 3 nitrogen and oxygen atoms in total. The van der Waals surface area contributed by atoms with E-state index in [0.29, 0.717) is 30.5 Å². The van der Waals surface area contributed by atoms with E-state index >= 15 is 0 Å². The summed E-state index contributed by atoms with van der Waals surface area (Å²) >= 11 is 0. The van der Waals surface area contributed by atoms with E-state index in [-0.39, 0.29) is 17.4 Å². The van der Waals surface area contributed by atoms with Gasteiger partial charge in [-0.1, -0.05) is 6.92 Å². The maximum Gasteiger partial charge on any atom is 0.141 e. The van der Waals surface area contributed by atoms with Crippen LogP contribution < -0.4 is 0 Å². The first-order chi connectivity index (χ1) is 10.3. The molecule has 4 aliphatic rings. The minimum Gasteiger partial charge on any atom is -0.393 e. The Morgan fingerprint density at radius 2 is 1.77 bits per heavy atom. The number of ketones is 1. The standard InChI is InChI=1S/C19H30O3/c1-17-8-5-13(20)11-12(17)3-4-15-14(17)6-9-18(2)16(21)7-10-19(15,18)22/h12-15,20,22H,3-11H2,1-2H3/t12-,13+,14+,15-,17+,18-,19+/m1/s1. The third-order valence-corrected chi connectivity index (χ3v) is 8.54. The summed E-state index contributed by atoms with van der Waals surface area (Å²) in [5, 5.41) is 21.6. The van der Waals surface area contributed by atoms with Gasteiger partial charge >= 0.3 is 0 Å². The van der Waals surface area contributed by atoms with Crippen molar-refractivity contribution >= 4 is 5.78 Å². The molecule has 0 heterocycles. The third-order valence-electron chi connectivity index (χ3n) is 8.54. The Bertz CT molecular complexity index is 503. The maximum absolute atomic E-state index is 12.4. The molecule has 0 aromatic heterocycles. The van der Waals surface area contributed by atoms with Gasteiger partial charge in [-0.05, 0) is 81.5 Å². The van der Waals surface area contributed by atoms with Crippen LogP contribution in [0.1, 0.15) is 71.6 Å². The Morgan fingerprint density at radius 3 is 2.55 bits per heavy atom. The van der Waals surface area contributed by atoms with Gasteiger partial charge in [0.25, 0.3) is 0 Å². The Balaban J connectivity index is 1.69. The van der Waals surface area contributed by atoms with Crippen LogP contribution in [0, 0.1) is 28.6 Å². The number of hydrogen-bond donors (Lipinski definition) is 2. The molecule has 0 aromatic rings. The highest BCUT2D eigenvalue weighted by Crippen LogP contribution is 2.66. The van der Waals surface area contributed by atoms with E-state index in [0.717, 1.165) is 44.9 Å². The van der Waals surface area contributed by atoms with Crippen molar-refractivity contribution in [2.75, 3.05) is 0 Å². The van der Waals surface area contributed by atoms with E-state index in [1.807, 2.05) is 6.92 Å². The zero-order chi connectivity index (χ0) is 15.8. The van der Waals surface area contributed by atoms with Gasteiger partial charge in [-0.25, -0.2) is 0 Å². The van der Waals surface area contributed by atoms with E-state index in [2.05, 4.69) is 6.92 Å². The SMILES string of the molecule is C[C@]12CC[C@H](O)C[C@H]1CC[C@@H]1[C@@H]2CC[C@]2(C)C(=O)CC[C@]12O. The van der Waals surface area contributed by atoms with Crippen LogP contribution in [-0.2, 0) is 4.79 Å². The molecule has 7 atom stereocenters. The van der Waals surface area contributed by atoms with Gasteiger partial charge in [0.2, 0.25) is 0 Å². The molecule has 0 amide bonds. The van der Waals surface area contributed by atoms with E-state index in [1.54, 1.807) is 0 Å². The van der Waals surface area contributed by atoms with Crippen molar-refractivity contribution < 1.29 is 15.0 Å². The summed E-state index contributed by atoms with van der Waals surface area (Å²) in [5.41, 5.74) is -1.01. The van der Waals surface area contributed by atoms with Gasteiger partial charge < -0.3 is 10.2 Å². The van der Waals surface area contributed by atoms with Crippen molar-refractivity contribution in [3.05, 3.63) is 0 Å². The molecule has 3 heteroatoms. The third kappa shape index (κ3) is 1.67. The van der Waals surface area contributed by atoms with Crippen molar-refractivity contribution in [1.82, 2.24) is 0 Å². The molecular formula is C19H30O3. The summed E-state index contributed by atoms with van der Waals surface area (Å²) in [4.78, 5) is 12.4. The summed E-state index contributed by atoms with van der Waals surface area (Å²) < 4.78 is 0. The summed E-state index contributed by atoms with van der Waals surface area (Å²) in [6.45, 7) is 4.43. The summed E-state index contributed by atoms with van der Waals surface area (Å²) in [6.07, 6.45) is 8.13. The fourth-order valence-corrected chi connectivity index (χ4v) is 6.97. The van der Waals surface area contributed by atoms with Crippen molar-refractivity contribution in [1.29, 1.82) is 0 Å². The van der Waals surface area contributed by atoms with Gasteiger partial charge in [-0.2, -0.15) is 0 Å². The molecule has 22 heavy (non-hydrogen) atoms. The molecule has 0 spiro atoms. The minimum absolute atomic E-state index is 0.125. The lowest BCUT2D eigenvalue weighted by Crippen LogP contribution is -2.62. The Labute approximate surface area is 133 Å². The number of aliphatic hydroxyl groups excluding tert-OH is 1. The van der Waals surface area contributed by atoms with E-state index in [9.17, 15) is 15.0 Å². The van der Waals surface area contributed by atoms with Gasteiger partial charge in [-0.3, -0.25) is 4.79 Å². The average Bonchev–Trinajstić information content (AvgIpc) is 2.72. The summed E-state index contributed by atoms with van der Waals surface area (Å²) in [7, 11) is 0. The first-order valence-electron chi connectivity index (χ1n) is 9.25. The molecule has 4 fully saturated rings. The molecule has 0 aliphatic heterocycles. The molecule has 4 aliphatic carbocycles. The molecule has 0 bridgehead atoms. The van der Waals surface area contributed by atoms with Gasteiger partial charge in [-0.15, -0.1) is 0 Å². The van der Waals surface area contributed by atoms with E-state index in [4.69, 9.17) is 0 Å². The van der Waals surface area contributed by atoms with E-state index in [1.165, 1.54) is 0 Å². The predicted molar refractivity (Wildman–Crippen MR) is 84.2 cm³/mol. The summed E-state index contributed by atoms with van der Waals surface area (Å²) in [6, 6.07) is 0. The minimum atomic E-state index is -0.767. The molecule has 4 saturated carbocycles. The average molecular weight is 306 g/mol. The Hall–Kier alpha value is -0.410. The van der Waals surface area contributed by atoms with Crippen LogP contribution in [0.25, 0.3) is 0 Å². The zero-order valence-corrected chi connectivity index (χ0v) is 14.0. The number of carbonyl (C=O) groups is 1. The lowest BCUT2D eigenvalue weighted by molar-refractivity contribution is -0.202. The van der Waals surface area contributed by atoms with Crippen LogP contribution >= 0.6 is 0 Å². The van der Waals surface area contributed by atoms with Gasteiger partial charge in [0, 0.05) is 6.42 Å². The topological polar surface area (TPSA) is 57.5 Å². The van der Waals surface area contributed by atoms with Crippen LogP contribution in [0.2, 0.25) is 0 Å². The largest absolute Gasteiger partial charge is 0.393 e. The first-order valence-corrected chi connectivity index (χ1v) is 9.25. The maximum atomic E-state index is 12.4. The number of fused-ring (bicyclic) bond motifs is 5. The molecule has 4 rings (SSSR count). The second-order valence-corrected chi connectivity index (χ2v) is 9.14. The van der Waals surface area contributed by atoms with Crippen LogP contribution in [0.4, 0.5) is 0 Å². The first kappa shape index (κ1) is 15.1. The molecule has 124 valence electrons. The van der Waals surface area contributed by atoms with Gasteiger partial charge in [0.1, 0.15) is 5.78 Å². The van der Waals surface area contributed by atoms with Crippen molar-refractivity contribution in [2.24, 2.45) is 28.6 Å². The van der Waals surface area contributed by atoms with Crippen LogP contribution in [0.3, 0.4) is 0 Å². The smallest absolute Gasteiger partial charge is 0.141 e. The van der Waals surface area contributed by atoms with Crippen molar-refractivity contribution in [2.45, 2.75) is 83.3 Å². The predicted octanol–water partition coefficient (Wildman–Crippen LogP) is 3.07. The fraction of sp³-hybridized carbons (Fsp3) is 0.947. The van der Waals surface area contributed by atoms with Gasteiger partial charge in [0.05, 0.1) is 17.1 Å². The van der Waals surface area contributed by atoms with Crippen LogP contribution in [0.15, 0.2) is 0 Å². The normalized spacial score (nSPS) is 57.9. The highest BCUT2D eigenvalue weighted by atomic mass is 16.3.